The van der Waals surface area contributed by atoms with Gasteiger partial charge in [-0.15, -0.1) is 22.9 Å². The number of sulfonamides is 1. The smallest absolute Gasteiger partial charge is 0.207 e. The van der Waals surface area contributed by atoms with Gasteiger partial charge in [0.05, 0.1) is 9.67 Å². The first-order valence-electron chi connectivity index (χ1n) is 5.63. The fourth-order valence-corrected chi connectivity index (χ4v) is 5.48. The molecule has 1 unspecified atom stereocenters. The van der Waals surface area contributed by atoms with Gasteiger partial charge in [-0.2, -0.15) is 0 Å². The van der Waals surface area contributed by atoms with Crippen molar-refractivity contribution in [3.63, 3.8) is 0 Å². The average Bonchev–Trinajstić information content (AvgIpc) is 2.70. The maximum atomic E-state index is 12.4. The van der Waals surface area contributed by atoms with Crippen molar-refractivity contribution < 1.29 is 8.42 Å². The summed E-state index contributed by atoms with van der Waals surface area (Å²) in [4.78, 5) is 1.16. The molecular formula is C11H17BrClNO2S2. The van der Waals surface area contributed by atoms with Gasteiger partial charge >= 0.3 is 0 Å². The molecule has 0 bridgehead atoms. The van der Waals surface area contributed by atoms with Gasteiger partial charge in [0, 0.05) is 18.5 Å². The Morgan fingerprint density at radius 3 is 2.61 bits per heavy atom. The fourth-order valence-electron chi connectivity index (χ4n) is 1.47. The monoisotopic (exact) mass is 373 g/mol. The van der Waals surface area contributed by atoms with Crippen molar-refractivity contribution >= 4 is 48.9 Å². The second-order valence-corrected chi connectivity index (χ2v) is 9.02. The lowest BCUT2D eigenvalue weighted by molar-refractivity contribution is 0.393. The van der Waals surface area contributed by atoms with E-state index in [2.05, 4.69) is 22.9 Å². The Morgan fingerprint density at radius 2 is 2.17 bits per heavy atom. The molecule has 104 valence electrons. The van der Waals surface area contributed by atoms with Crippen LogP contribution in [0.25, 0.3) is 0 Å². The average molecular weight is 375 g/mol. The van der Waals surface area contributed by atoms with Crippen molar-refractivity contribution in [2.45, 2.75) is 31.0 Å². The predicted octanol–water partition coefficient (Wildman–Crippen LogP) is 3.92. The summed E-state index contributed by atoms with van der Waals surface area (Å²) < 4.78 is 26.8. The van der Waals surface area contributed by atoms with Gasteiger partial charge < -0.3 is 0 Å². The number of alkyl halides is 1. The first-order chi connectivity index (χ1) is 8.32. The van der Waals surface area contributed by atoms with Crippen LogP contribution >= 0.6 is 38.9 Å². The molecule has 1 aromatic rings. The fraction of sp³-hybridized carbons (Fsp3) is 0.636. The molecule has 1 rings (SSSR count). The van der Waals surface area contributed by atoms with E-state index in [9.17, 15) is 8.42 Å². The lowest BCUT2D eigenvalue weighted by Gasteiger charge is -2.20. The Bertz CT molecular complexity index is 501. The number of thiophene rings is 1. The highest BCUT2D eigenvalue weighted by Crippen LogP contribution is 2.34. The molecule has 1 aromatic heterocycles. The third-order valence-electron chi connectivity index (χ3n) is 2.79. The number of rotatable bonds is 6. The number of hydrogen-bond acceptors (Lipinski definition) is 3. The summed E-state index contributed by atoms with van der Waals surface area (Å²) in [5.74, 6) is 0.670. The van der Waals surface area contributed by atoms with E-state index >= 15 is 0 Å². The summed E-state index contributed by atoms with van der Waals surface area (Å²) in [7, 11) is -1.81. The lowest BCUT2D eigenvalue weighted by atomic mass is 10.1. The van der Waals surface area contributed by atoms with E-state index in [4.69, 9.17) is 11.6 Å². The van der Waals surface area contributed by atoms with Crippen molar-refractivity contribution in [2.24, 2.45) is 5.92 Å². The topological polar surface area (TPSA) is 37.4 Å². The highest BCUT2D eigenvalue weighted by molar-refractivity contribution is 9.11. The number of nitrogens with zero attached hydrogens (tertiary/aromatic N) is 1. The molecule has 0 amide bonds. The van der Waals surface area contributed by atoms with Crippen LogP contribution in [-0.2, 0) is 15.9 Å². The minimum atomic E-state index is -3.43. The Labute approximate surface area is 126 Å². The number of halogens is 2. The molecule has 0 aromatic carbocycles. The van der Waals surface area contributed by atoms with E-state index in [1.165, 1.54) is 15.6 Å². The molecule has 1 atom stereocenters. The standard InChI is InChI=1S/C11H17BrClNO2S2/c1-4-8(2)7-14(3)18(15,16)10-5-9(6-13)17-11(10)12/h5,8H,4,6-7H2,1-3H3. The predicted molar refractivity (Wildman–Crippen MR) is 80.8 cm³/mol. The zero-order valence-corrected chi connectivity index (χ0v) is 14.6. The van der Waals surface area contributed by atoms with Gasteiger partial charge in [0.15, 0.2) is 0 Å². The van der Waals surface area contributed by atoms with Crippen LogP contribution in [0.15, 0.2) is 14.7 Å². The summed E-state index contributed by atoms with van der Waals surface area (Å²) >= 11 is 10.4. The largest absolute Gasteiger partial charge is 0.244 e. The third-order valence-corrected chi connectivity index (χ3v) is 7.31. The Kier molecular flexibility index (Phi) is 6.12. The van der Waals surface area contributed by atoms with Gasteiger partial charge in [-0.1, -0.05) is 20.3 Å². The molecule has 0 radical (unpaired) electrons. The van der Waals surface area contributed by atoms with Crippen LogP contribution in [0.2, 0.25) is 0 Å². The SMILES string of the molecule is CCC(C)CN(C)S(=O)(=O)c1cc(CCl)sc1Br. The van der Waals surface area contributed by atoms with Crippen molar-refractivity contribution in [1.82, 2.24) is 4.31 Å². The highest BCUT2D eigenvalue weighted by atomic mass is 79.9. The lowest BCUT2D eigenvalue weighted by Crippen LogP contribution is -2.30. The summed E-state index contributed by atoms with van der Waals surface area (Å²) in [5, 5.41) is 0. The van der Waals surface area contributed by atoms with Crippen LogP contribution in [0.3, 0.4) is 0 Å². The molecular weight excluding hydrogens is 358 g/mol. The molecule has 3 nitrogen and oxygen atoms in total. The minimum Gasteiger partial charge on any atom is -0.207 e. The minimum absolute atomic E-state index is 0.314. The molecule has 7 heteroatoms. The molecule has 0 aliphatic carbocycles. The first kappa shape index (κ1) is 16.4. The zero-order valence-electron chi connectivity index (χ0n) is 10.6. The molecule has 0 fully saturated rings. The maximum Gasteiger partial charge on any atom is 0.244 e. The van der Waals surface area contributed by atoms with Gasteiger partial charge in [-0.3, -0.25) is 0 Å². The summed E-state index contributed by atoms with van der Waals surface area (Å²) in [6, 6.07) is 1.64. The molecule has 0 N–H and O–H groups in total. The van der Waals surface area contributed by atoms with Crippen LogP contribution in [0, 0.1) is 5.92 Å². The summed E-state index contributed by atoms with van der Waals surface area (Å²) in [6.07, 6.45) is 0.956. The van der Waals surface area contributed by atoms with Gasteiger partial charge in [0.2, 0.25) is 10.0 Å². The van der Waals surface area contributed by atoms with E-state index in [0.717, 1.165) is 11.3 Å². The number of hydrogen-bond donors (Lipinski definition) is 0. The van der Waals surface area contributed by atoms with E-state index in [1.807, 2.05) is 6.92 Å². The molecule has 0 saturated carbocycles. The highest BCUT2D eigenvalue weighted by Gasteiger charge is 2.26. The van der Waals surface area contributed by atoms with Gasteiger partial charge in [0.1, 0.15) is 4.90 Å². The second-order valence-electron chi connectivity index (χ2n) is 4.28. The first-order valence-corrected chi connectivity index (χ1v) is 9.21. The van der Waals surface area contributed by atoms with Gasteiger partial charge in [-0.05, 0) is 27.9 Å². The van der Waals surface area contributed by atoms with Crippen molar-refractivity contribution in [2.75, 3.05) is 13.6 Å². The Balaban J connectivity index is 3.01. The molecule has 18 heavy (non-hydrogen) atoms. The summed E-state index contributed by atoms with van der Waals surface area (Å²) in [5.41, 5.74) is 0. The van der Waals surface area contributed by atoms with Crippen molar-refractivity contribution in [3.05, 3.63) is 14.7 Å². The van der Waals surface area contributed by atoms with E-state index in [-0.39, 0.29) is 0 Å². The normalized spacial score (nSPS) is 14.1. The third kappa shape index (κ3) is 3.70. The van der Waals surface area contributed by atoms with Crippen LogP contribution in [0.1, 0.15) is 25.1 Å². The molecule has 0 aliphatic rings. The van der Waals surface area contributed by atoms with E-state index in [1.54, 1.807) is 13.1 Å². The van der Waals surface area contributed by atoms with Crippen molar-refractivity contribution in [1.29, 1.82) is 0 Å². The van der Waals surface area contributed by atoms with Crippen LogP contribution in [0.5, 0.6) is 0 Å². The van der Waals surface area contributed by atoms with Crippen LogP contribution < -0.4 is 0 Å². The van der Waals surface area contributed by atoms with Gasteiger partial charge in [0.25, 0.3) is 0 Å². The van der Waals surface area contributed by atoms with E-state index in [0.29, 0.717) is 27.0 Å². The zero-order chi connectivity index (χ0) is 13.9. The molecule has 1 heterocycles. The molecule has 0 aliphatic heterocycles. The Hall–Kier alpha value is 0.380. The van der Waals surface area contributed by atoms with Crippen LogP contribution in [0.4, 0.5) is 0 Å². The maximum absolute atomic E-state index is 12.4. The quantitative estimate of drug-likeness (QED) is 0.708. The van der Waals surface area contributed by atoms with Crippen LogP contribution in [-0.4, -0.2) is 26.3 Å². The van der Waals surface area contributed by atoms with E-state index < -0.39 is 10.0 Å². The molecule has 0 spiro atoms. The summed E-state index contributed by atoms with van der Waals surface area (Å²) in [6.45, 7) is 4.62. The Morgan fingerprint density at radius 1 is 1.56 bits per heavy atom. The van der Waals surface area contributed by atoms with Crippen molar-refractivity contribution in [3.8, 4) is 0 Å². The molecule has 0 saturated heterocycles. The van der Waals surface area contributed by atoms with Gasteiger partial charge in [-0.25, -0.2) is 12.7 Å². The second kappa shape index (κ2) is 6.70.